The molecule has 0 aliphatic rings. The second-order valence-electron chi connectivity index (χ2n) is 3.71. The fraction of sp³-hybridized carbons (Fsp3) is 0.444. The number of hydrogen-bond donors (Lipinski definition) is 0. The Morgan fingerprint density at radius 2 is 1.18 bits per heavy atom. The Balaban J connectivity index is 0.000000187. The average molecular weight is 153 g/mol. The molecule has 62 valence electrons. The molecule has 0 saturated carbocycles. The fourth-order valence-corrected chi connectivity index (χ4v) is 0.313. The van der Waals surface area contributed by atoms with Crippen LogP contribution in [0.1, 0.15) is 0 Å². The van der Waals surface area contributed by atoms with Crippen LogP contribution in [0.25, 0.3) is 0 Å². The minimum Gasteiger partial charge on any atom is -0.333 e. The molecule has 0 aliphatic heterocycles. The van der Waals surface area contributed by atoms with Crippen molar-refractivity contribution in [2.24, 2.45) is 0 Å². The number of aromatic nitrogens is 1. The summed E-state index contributed by atoms with van der Waals surface area (Å²) in [6.45, 7) is 0. The summed E-state index contributed by atoms with van der Waals surface area (Å²) in [7, 11) is 8.50. The zero-order valence-corrected chi connectivity index (χ0v) is 7.78. The van der Waals surface area contributed by atoms with Crippen LogP contribution in [0.4, 0.5) is 0 Å². The number of rotatable bonds is 0. The third-order valence-electron chi connectivity index (χ3n) is 0.566. The largest absolute Gasteiger partial charge is 0.333 e. The molecule has 1 heterocycles. The van der Waals surface area contributed by atoms with E-state index in [-0.39, 0.29) is 0 Å². The zero-order chi connectivity index (χ0) is 8.74. The van der Waals surface area contributed by atoms with Gasteiger partial charge in [0.1, 0.15) is 0 Å². The predicted molar refractivity (Wildman–Crippen MR) is 48.2 cm³/mol. The first-order chi connectivity index (χ1) is 5.00. The van der Waals surface area contributed by atoms with Crippen molar-refractivity contribution < 1.29 is 4.48 Å². The van der Waals surface area contributed by atoms with Crippen LogP contribution < -0.4 is 0 Å². The lowest BCUT2D eigenvalue weighted by Crippen LogP contribution is -2.27. The molecule has 1 aromatic heterocycles. The van der Waals surface area contributed by atoms with Crippen molar-refractivity contribution >= 4 is 0 Å². The highest BCUT2D eigenvalue weighted by atomic mass is 15.2. The third kappa shape index (κ3) is 17.6. The normalized spacial score (nSPS) is 9.82. The summed E-state index contributed by atoms with van der Waals surface area (Å²) >= 11 is 0. The molecule has 0 bridgehead atoms. The molecule has 0 aliphatic carbocycles. The van der Waals surface area contributed by atoms with Crippen molar-refractivity contribution in [1.29, 1.82) is 0 Å². The maximum Gasteiger partial charge on any atom is 0.0675 e. The lowest BCUT2D eigenvalue weighted by atomic mass is 10.5. The second kappa shape index (κ2) is 4.85. The molecule has 1 rings (SSSR count). The molecule has 0 atom stereocenters. The Bertz CT molecular complexity index is 132. The molecule has 2 heteroatoms. The third-order valence-corrected chi connectivity index (χ3v) is 0.566. The lowest BCUT2D eigenvalue weighted by molar-refractivity contribution is -0.849. The van der Waals surface area contributed by atoms with Gasteiger partial charge in [-0.15, -0.1) is 0 Å². The summed E-state index contributed by atoms with van der Waals surface area (Å²) in [5.41, 5.74) is 0. The van der Waals surface area contributed by atoms with Gasteiger partial charge in [-0.2, -0.15) is 0 Å². The van der Waals surface area contributed by atoms with E-state index in [4.69, 9.17) is 0 Å². The maximum absolute atomic E-state index is 3.78. The molecular formula is C9H17N2+. The van der Waals surface area contributed by atoms with E-state index in [9.17, 15) is 0 Å². The van der Waals surface area contributed by atoms with Crippen LogP contribution in [-0.4, -0.2) is 37.7 Å². The predicted octanol–water partition coefficient (Wildman–Crippen LogP) is 1.40. The quantitative estimate of drug-likeness (QED) is 0.513. The van der Waals surface area contributed by atoms with Crippen molar-refractivity contribution in [3.05, 3.63) is 30.6 Å². The zero-order valence-electron chi connectivity index (χ0n) is 7.78. The number of quaternary nitrogens is 1. The Hall–Kier alpha value is -0.890. The highest BCUT2D eigenvalue weighted by Gasteiger charge is 1.88. The van der Waals surface area contributed by atoms with Gasteiger partial charge in [-0.1, -0.05) is 6.07 Å². The van der Waals surface area contributed by atoms with Gasteiger partial charge >= 0.3 is 0 Å². The van der Waals surface area contributed by atoms with Gasteiger partial charge in [-0.25, -0.2) is 0 Å². The summed E-state index contributed by atoms with van der Waals surface area (Å²) in [6.07, 6.45) is 3.50. The van der Waals surface area contributed by atoms with E-state index in [1.165, 1.54) is 0 Å². The first-order valence-electron chi connectivity index (χ1n) is 3.64. The van der Waals surface area contributed by atoms with E-state index >= 15 is 0 Å². The molecule has 0 amide bonds. The molecule has 0 aromatic carbocycles. The fourth-order valence-electron chi connectivity index (χ4n) is 0.313. The van der Waals surface area contributed by atoms with Gasteiger partial charge in [-0.05, 0) is 12.1 Å². The summed E-state index contributed by atoms with van der Waals surface area (Å²) in [5, 5.41) is 0. The average Bonchev–Trinajstić information content (AvgIpc) is 1.88. The van der Waals surface area contributed by atoms with Gasteiger partial charge in [-0.3, -0.25) is 4.98 Å². The van der Waals surface area contributed by atoms with E-state index in [1.54, 1.807) is 12.4 Å². The molecule has 1 aromatic rings. The Kier molecular flexibility index (Phi) is 4.46. The first-order valence-corrected chi connectivity index (χ1v) is 3.64. The Morgan fingerprint density at radius 1 is 0.818 bits per heavy atom. The van der Waals surface area contributed by atoms with Crippen molar-refractivity contribution in [1.82, 2.24) is 4.98 Å². The highest BCUT2D eigenvalue weighted by Crippen LogP contribution is 1.74. The van der Waals surface area contributed by atoms with Gasteiger partial charge in [0.05, 0.1) is 28.2 Å². The van der Waals surface area contributed by atoms with E-state index in [2.05, 4.69) is 33.2 Å². The van der Waals surface area contributed by atoms with E-state index in [1.807, 2.05) is 18.2 Å². The van der Waals surface area contributed by atoms with Crippen LogP contribution in [-0.2, 0) is 0 Å². The van der Waals surface area contributed by atoms with Gasteiger partial charge in [0, 0.05) is 12.4 Å². The minimum atomic E-state index is 1.00. The molecule has 0 spiro atoms. The maximum atomic E-state index is 3.78. The summed E-state index contributed by atoms with van der Waals surface area (Å²) in [5.74, 6) is 0. The molecule has 0 radical (unpaired) electrons. The molecule has 2 nitrogen and oxygen atoms in total. The van der Waals surface area contributed by atoms with Crippen LogP contribution in [0.5, 0.6) is 0 Å². The number of hydrogen-bond acceptors (Lipinski definition) is 1. The lowest BCUT2D eigenvalue weighted by Gasteiger charge is -2.14. The number of nitrogens with zero attached hydrogens (tertiary/aromatic N) is 2. The summed E-state index contributed by atoms with van der Waals surface area (Å²) < 4.78 is 1.00. The van der Waals surface area contributed by atoms with Gasteiger partial charge in [0.2, 0.25) is 0 Å². The summed E-state index contributed by atoms with van der Waals surface area (Å²) in [4.78, 5) is 3.78. The smallest absolute Gasteiger partial charge is 0.0675 e. The topological polar surface area (TPSA) is 12.9 Å². The van der Waals surface area contributed by atoms with E-state index < -0.39 is 0 Å². The second-order valence-corrected chi connectivity index (χ2v) is 3.71. The van der Waals surface area contributed by atoms with Crippen LogP contribution >= 0.6 is 0 Å². The van der Waals surface area contributed by atoms with Crippen LogP contribution in [0.2, 0.25) is 0 Å². The molecule has 0 saturated heterocycles. The van der Waals surface area contributed by atoms with Gasteiger partial charge in [0.15, 0.2) is 0 Å². The molecule has 11 heavy (non-hydrogen) atoms. The van der Waals surface area contributed by atoms with Crippen molar-refractivity contribution in [2.45, 2.75) is 0 Å². The highest BCUT2D eigenvalue weighted by molar-refractivity contribution is 4.88. The van der Waals surface area contributed by atoms with Gasteiger partial charge in [0.25, 0.3) is 0 Å². The minimum absolute atomic E-state index is 1.00. The first kappa shape index (κ1) is 10.1. The van der Waals surface area contributed by atoms with Crippen molar-refractivity contribution in [3.8, 4) is 0 Å². The van der Waals surface area contributed by atoms with Gasteiger partial charge < -0.3 is 4.48 Å². The molecule has 0 N–H and O–H groups in total. The Morgan fingerprint density at radius 3 is 1.27 bits per heavy atom. The SMILES string of the molecule is C[N+](C)(C)C.c1ccncc1. The van der Waals surface area contributed by atoms with E-state index in [0.29, 0.717) is 0 Å². The molecule has 0 fully saturated rings. The van der Waals surface area contributed by atoms with E-state index in [0.717, 1.165) is 4.48 Å². The number of pyridine rings is 1. The summed E-state index contributed by atoms with van der Waals surface area (Å²) in [6, 6.07) is 5.72. The van der Waals surface area contributed by atoms with Crippen LogP contribution in [0.3, 0.4) is 0 Å². The molecule has 0 unspecified atom stereocenters. The van der Waals surface area contributed by atoms with Crippen molar-refractivity contribution in [3.63, 3.8) is 0 Å². The monoisotopic (exact) mass is 153 g/mol. The molecular weight excluding hydrogens is 136 g/mol. The standard InChI is InChI=1S/C5H5N.C4H12N/c1-2-4-6-5-3-1;1-5(2,3)4/h1-5H;1-4H3/q;+1. The van der Waals surface area contributed by atoms with Crippen LogP contribution in [0.15, 0.2) is 30.6 Å². The van der Waals surface area contributed by atoms with Crippen LogP contribution in [0, 0.1) is 0 Å². The Labute approximate surface area is 69.1 Å². The van der Waals surface area contributed by atoms with Crippen molar-refractivity contribution in [2.75, 3.05) is 28.2 Å².